The third kappa shape index (κ3) is 14.4. The summed E-state index contributed by atoms with van der Waals surface area (Å²) in [6.07, 6.45) is -9.43. The number of rotatable bonds is 8. The lowest BCUT2D eigenvalue weighted by Gasteiger charge is -2.53. The maximum Gasteiger partial charge on any atom is 0.490 e. The number of H-pyrrole nitrogens is 1. The van der Waals surface area contributed by atoms with Crippen molar-refractivity contribution in [3.63, 3.8) is 0 Å². The molecule has 0 bridgehead atoms. The van der Waals surface area contributed by atoms with Crippen LogP contribution in [0.2, 0.25) is 0 Å². The molecule has 4 aromatic rings. The normalized spacial score (nSPS) is 20.0. The van der Waals surface area contributed by atoms with Crippen molar-refractivity contribution in [1.29, 1.82) is 5.26 Å². The minimum Gasteiger partial charge on any atom is -0.475 e. The van der Waals surface area contributed by atoms with Gasteiger partial charge in [-0.3, -0.25) is 14.5 Å². The van der Waals surface area contributed by atoms with Crippen molar-refractivity contribution in [1.82, 2.24) is 39.5 Å². The Labute approximate surface area is 363 Å². The Morgan fingerprint density at radius 3 is 1.94 bits per heavy atom. The van der Waals surface area contributed by atoms with E-state index in [9.17, 15) is 63.1 Å². The van der Waals surface area contributed by atoms with Gasteiger partial charge in [-0.15, -0.1) is 0 Å². The number of aliphatic carboxylic acids is 3. The van der Waals surface area contributed by atoms with Gasteiger partial charge in [-0.05, 0) is 49.8 Å². The van der Waals surface area contributed by atoms with Gasteiger partial charge in [-0.1, -0.05) is 0 Å². The molecule has 0 amide bonds. The first-order valence-corrected chi connectivity index (χ1v) is 19.0. The summed E-state index contributed by atoms with van der Waals surface area (Å²) < 4.78 is 144. The number of likely N-dealkylation sites (tertiary alicyclic amines) is 2. The number of ether oxygens (including phenoxy) is 1. The van der Waals surface area contributed by atoms with Crippen LogP contribution in [0.3, 0.4) is 0 Å². The standard InChI is InChI=1S/C31H34F3N9O2.3C2HF3O2/c32-31(33,34)26-11-20(14-41-10-6-23(44)16-41)12-27(40-26)45-24-3-1-22(2-4-24)42-17-30(18-42,7-8-35)43-15-21(13-39-43)28-25-5-9-36-29(25)38-19-37-28;3*3-2(4,5)1(6)7/h5,9,11-13,15,19,22-24,44H,1-4,6-7,10,14,16-18H2,(H,36,37,38);3*(H,6,7)/t22?,23-,24?;;;/m0.../s1. The Morgan fingerprint density at radius 2 is 1.44 bits per heavy atom. The number of nitrogens with one attached hydrogen (secondary N) is 1. The highest BCUT2D eigenvalue weighted by Gasteiger charge is 2.48. The van der Waals surface area contributed by atoms with E-state index in [1.54, 1.807) is 12.3 Å². The topological polar surface area (TPSA) is 244 Å². The van der Waals surface area contributed by atoms with Gasteiger partial charge in [0.25, 0.3) is 0 Å². The molecular weight excluding hydrogens is 926 g/mol. The van der Waals surface area contributed by atoms with Crippen LogP contribution in [0.1, 0.15) is 49.8 Å². The number of carboxylic acid groups (broad SMARTS) is 3. The molecule has 3 fully saturated rings. The lowest BCUT2D eigenvalue weighted by Crippen LogP contribution is -2.65. The number of aliphatic hydroxyl groups is 1. The number of aromatic nitrogens is 6. The molecule has 0 radical (unpaired) electrons. The molecule has 0 unspecified atom stereocenters. The number of β-amino-alcohol motifs (C(OH)–C–C–N with tert-alkyl or cyclic N) is 1. The summed E-state index contributed by atoms with van der Waals surface area (Å²) >= 11 is 0. The fourth-order valence-electron chi connectivity index (χ4n) is 7.03. The predicted molar refractivity (Wildman–Crippen MR) is 198 cm³/mol. The molecule has 6 heterocycles. The fraction of sp³-hybridized carbons (Fsp3) is 0.514. The Balaban J connectivity index is 0.000000377. The number of aliphatic hydroxyl groups excluding tert-OH is 1. The lowest BCUT2D eigenvalue weighted by atomic mass is 9.82. The first kappa shape index (κ1) is 52.3. The Hall–Kier alpha value is -6.28. The zero-order chi connectivity index (χ0) is 49.4. The van der Waals surface area contributed by atoms with Crippen LogP contribution in [0.5, 0.6) is 5.88 Å². The Kier molecular flexibility index (Phi) is 16.6. The molecule has 362 valence electrons. The summed E-state index contributed by atoms with van der Waals surface area (Å²) in [6.45, 7) is 2.75. The number of carboxylic acids is 3. The van der Waals surface area contributed by atoms with E-state index in [0.29, 0.717) is 70.0 Å². The molecule has 17 nitrogen and oxygen atoms in total. The molecule has 2 saturated heterocycles. The van der Waals surface area contributed by atoms with E-state index in [2.05, 4.69) is 36.0 Å². The molecule has 2 aliphatic heterocycles. The average molecular weight is 964 g/mol. The van der Waals surface area contributed by atoms with Crippen molar-refractivity contribution < 1.29 is 92.2 Å². The lowest BCUT2D eigenvalue weighted by molar-refractivity contribution is -0.193. The number of alkyl halides is 12. The molecule has 7 rings (SSSR count). The first-order valence-electron chi connectivity index (χ1n) is 19.0. The monoisotopic (exact) mass is 963 g/mol. The quantitative estimate of drug-likeness (QED) is 0.127. The first-order chi connectivity index (χ1) is 30.5. The van der Waals surface area contributed by atoms with Gasteiger partial charge in [-0.2, -0.15) is 63.0 Å². The third-order valence-corrected chi connectivity index (χ3v) is 10.1. The number of nitrogens with zero attached hydrogens (tertiary/aromatic N) is 8. The van der Waals surface area contributed by atoms with Crippen molar-refractivity contribution in [3.05, 3.63) is 54.4 Å². The van der Waals surface area contributed by atoms with Crippen molar-refractivity contribution >= 4 is 28.9 Å². The second kappa shape index (κ2) is 20.9. The van der Waals surface area contributed by atoms with Crippen molar-refractivity contribution in [3.8, 4) is 23.2 Å². The summed E-state index contributed by atoms with van der Waals surface area (Å²) in [6, 6.07) is 7.24. The van der Waals surface area contributed by atoms with Crippen LogP contribution in [0.4, 0.5) is 52.7 Å². The molecule has 66 heavy (non-hydrogen) atoms. The largest absolute Gasteiger partial charge is 0.490 e. The van der Waals surface area contributed by atoms with E-state index < -0.39 is 59.9 Å². The van der Waals surface area contributed by atoms with E-state index in [0.717, 1.165) is 41.2 Å². The van der Waals surface area contributed by atoms with Crippen molar-refractivity contribution in [2.24, 2.45) is 0 Å². The SMILES string of the molecule is N#CCC1(n2cc(-c3ncnc4[nH]ccc34)cn2)CN(C2CCC(Oc3cc(CN4CC[C@H](O)C4)cc(C(F)(F)F)n3)CC2)C1.O=C(O)C(F)(F)F.O=C(O)C(F)(F)F.O=C(O)C(F)(F)F. The number of halogens is 12. The second-order valence-corrected chi connectivity index (χ2v) is 14.9. The highest BCUT2D eigenvalue weighted by atomic mass is 19.4. The van der Waals surface area contributed by atoms with Crippen LogP contribution < -0.4 is 4.74 Å². The molecule has 3 aliphatic rings. The highest BCUT2D eigenvalue weighted by Crippen LogP contribution is 2.39. The van der Waals surface area contributed by atoms with E-state index >= 15 is 0 Å². The second-order valence-electron chi connectivity index (χ2n) is 14.9. The molecule has 1 atom stereocenters. The van der Waals surface area contributed by atoms with Crippen LogP contribution in [0.15, 0.2) is 43.1 Å². The average Bonchev–Trinajstić information content (AvgIpc) is 3.98. The van der Waals surface area contributed by atoms with Gasteiger partial charge < -0.3 is 30.1 Å². The van der Waals surface area contributed by atoms with Gasteiger partial charge in [0, 0.05) is 68.2 Å². The number of hydrogen-bond donors (Lipinski definition) is 5. The van der Waals surface area contributed by atoms with Gasteiger partial charge in [-0.25, -0.2) is 29.3 Å². The summed E-state index contributed by atoms with van der Waals surface area (Å²) in [5, 5.41) is 46.4. The van der Waals surface area contributed by atoms with Gasteiger partial charge >= 0.3 is 42.6 Å². The van der Waals surface area contributed by atoms with Gasteiger partial charge in [0.2, 0.25) is 5.88 Å². The molecule has 0 spiro atoms. The number of fused-ring (bicyclic) bond motifs is 1. The van der Waals surface area contributed by atoms with Crippen molar-refractivity contribution in [2.45, 2.75) is 93.6 Å². The summed E-state index contributed by atoms with van der Waals surface area (Å²) in [5.41, 5.74) is 1.47. The number of carbonyl (C=O) groups is 3. The zero-order valence-corrected chi connectivity index (χ0v) is 33.6. The van der Waals surface area contributed by atoms with Crippen LogP contribution >= 0.6 is 0 Å². The maximum absolute atomic E-state index is 13.7. The number of nitriles is 1. The molecule has 1 aliphatic carbocycles. The van der Waals surface area contributed by atoms with Crippen LogP contribution in [-0.2, 0) is 32.6 Å². The summed E-state index contributed by atoms with van der Waals surface area (Å²) in [4.78, 5) is 46.6. The van der Waals surface area contributed by atoms with E-state index in [1.165, 1.54) is 6.33 Å². The molecular formula is C37H37F12N9O8. The Morgan fingerprint density at radius 1 is 0.864 bits per heavy atom. The van der Waals surface area contributed by atoms with Gasteiger partial charge in [0.05, 0.1) is 30.5 Å². The third-order valence-electron chi connectivity index (χ3n) is 10.1. The van der Waals surface area contributed by atoms with E-state index in [1.807, 2.05) is 28.0 Å². The van der Waals surface area contributed by atoms with Crippen molar-refractivity contribution in [2.75, 3.05) is 26.2 Å². The minimum absolute atomic E-state index is 0.00454. The smallest absolute Gasteiger partial charge is 0.475 e. The van der Waals surface area contributed by atoms with Gasteiger partial charge in [0.15, 0.2) is 0 Å². The molecule has 29 heteroatoms. The summed E-state index contributed by atoms with van der Waals surface area (Å²) in [7, 11) is 0. The van der Waals surface area contributed by atoms with Gasteiger partial charge in [0.1, 0.15) is 29.3 Å². The number of pyridine rings is 1. The van der Waals surface area contributed by atoms with Crippen LogP contribution in [0, 0.1) is 11.3 Å². The molecule has 5 N–H and O–H groups in total. The van der Waals surface area contributed by atoms with E-state index in [-0.39, 0.29) is 12.0 Å². The maximum atomic E-state index is 13.7. The highest BCUT2D eigenvalue weighted by molar-refractivity contribution is 5.90. The molecule has 4 aromatic heterocycles. The Bertz CT molecular complexity index is 2270. The number of hydrogen-bond acceptors (Lipinski definition) is 12. The number of aromatic amines is 1. The minimum atomic E-state index is -5.08. The predicted octanol–water partition coefficient (Wildman–Crippen LogP) is 6.02. The zero-order valence-electron chi connectivity index (χ0n) is 33.6. The van der Waals surface area contributed by atoms with Crippen LogP contribution in [0.25, 0.3) is 22.3 Å². The fourth-order valence-corrected chi connectivity index (χ4v) is 7.03. The summed E-state index contributed by atoms with van der Waals surface area (Å²) in [5.74, 6) is -8.28. The van der Waals surface area contributed by atoms with E-state index in [4.69, 9.17) is 34.4 Å². The molecule has 0 aromatic carbocycles. The molecule has 1 saturated carbocycles. The van der Waals surface area contributed by atoms with Crippen LogP contribution in [-0.4, -0.2) is 141 Å².